The van der Waals surface area contributed by atoms with Crippen molar-refractivity contribution in [2.75, 3.05) is 0 Å². The first-order valence-electron chi connectivity index (χ1n) is 0. The summed E-state index contributed by atoms with van der Waals surface area (Å²) >= 11 is 0. The van der Waals surface area contributed by atoms with Gasteiger partial charge in [0.15, 0.2) is 0 Å². The molecule has 0 heterocycles. The van der Waals surface area contributed by atoms with Gasteiger partial charge in [-0.1, -0.05) is 0 Å². The van der Waals surface area contributed by atoms with Crippen LogP contribution < -0.4 is 6.15 Å². The van der Waals surface area contributed by atoms with Crippen LogP contribution in [0.4, 0.5) is 0 Å². The molecule has 0 fully saturated rings. The second-order valence-electron chi connectivity index (χ2n) is 0. The molecule has 0 aromatic carbocycles. The molecule has 0 amide bonds. The van der Waals surface area contributed by atoms with E-state index in [2.05, 4.69) is 0 Å². The van der Waals surface area contributed by atoms with E-state index in [1.54, 1.807) is 0 Å². The fourth-order valence-electron chi connectivity index (χ4n) is 0. The van der Waals surface area contributed by atoms with Crippen molar-refractivity contribution in [3.8, 4) is 0 Å². The number of hydrogen-bond donors (Lipinski definition) is 0. The first kappa shape index (κ1) is 66.1. The molecule has 0 unspecified atom stereocenters. The van der Waals surface area contributed by atoms with Gasteiger partial charge in [0.05, 0.1) is 0 Å². The molecule has 4 heteroatoms. The third kappa shape index (κ3) is 10.9. The fourth-order valence-corrected chi connectivity index (χ4v) is 0. The largest absolute Gasteiger partial charge is 0.147 e. The third-order valence-corrected chi connectivity index (χ3v) is 0. The van der Waals surface area contributed by atoms with E-state index in [1.807, 2.05) is 0 Å². The van der Waals surface area contributed by atoms with Gasteiger partial charge in [0.25, 0.3) is 0 Å². The second-order valence-corrected chi connectivity index (χ2v) is 0. The van der Waals surface area contributed by atoms with Crippen molar-refractivity contribution in [3.05, 3.63) is 0 Å². The van der Waals surface area contributed by atoms with Crippen LogP contribution in [0.2, 0.25) is 0 Å². The Morgan fingerprint density at radius 3 is 0.750 bits per heavy atom. The van der Waals surface area contributed by atoms with Gasteiger partial charge < -0.3 is 0 Å². The summed E-state index contributed by atoms with van der Waals surface area (Å²) in [6.07, 6.45) is 0. The molecule has 4 heavy (non-hydrogen) atoms. The zero-order chi connectivity index (χ0) is 0. The molecule has 0 rings (SSSR count). The van der Waals surface area contributed by atoms with E-state index < -0.39 is 0 Å². The molecule has 0 N–H and O–H groups in total. The average molecular weight is 152 g/mol. The fraction of sp³-hybridized carbons (Fsp3) is 0. The molecule has 3 radical (unpaired) electrons. The molecule has 0 saturated heterocycles. The van der Waals surface area contributed by atoms with Crippen LogP contribution in [0.25, 0.3) is 0 Å². The Labute approximate surface area is 50.7 Å². The molecule has 0 aliphatic rings. The summed E-state index contributed by atoms with van der Waals surface area (Å²) in [5.74, 6) is 0. The maximum atomic E-state index is 0. The molecule has 23 valence electrons. The molecule has 0 saturated carbocycles. The average Bonchev–Trinajstić information content (AvgIpc) is 0. The number of rotatable bonds is 0. The van der Waals surface area contributed by atoms with E-state index in [0.717, 1.165) is 0 Å². The molecule has 0 atom stereocenters. The maximum Gasteiger partial charge on any atom is 0 e. The summed E-state index contributed by atoms with van der Waals surface area (Å²) in [6, 6.07) is 0. The molecular weight excluding hydrogens is 150 g/mol. The maximum absolute atomic E-state index is 0. The summed E-state index contributed by atoms with van der Waals surface area (Å²) in [5, 5.41) is 0. The molecule has 1 nitrogen and oxygen atoms in total. The molecule has 0 spiro atoms. The van der Waals surface area contributed by atoms with Gasteiger partial charge in [0, 0.05) is 25.6 Å². The normalized spacial score (nSPS) is 0. The molecular formula is H2Cl2NZn. The molecule has 0 aromatic rings. The number of nitrogens with zero attached hydrogens (tertiary/aromatic N) is 1. The molecule has 0 aliphatic heterocycles. The van der Waals surface area contributed by atoms with Crippen LogP contribution in [0.5, 0.6) is 0 Å². The van der Waals surface area contributed by atoms with Crippen LogP contribution in [-0.2, 0) is 19.5 Å². The smallest absolute Gasteiger partial charge is 0 e. The van der Waals surface area contributed by atoms with Crippen molar-refractivity contribution < 1.29 is 19.5 Å². The van der Waals surface area contributed by atoms with E-state index >= 15 is 0 Å². The van der Waals surface area contributed by atoms with E-state index in [-0.39, 0.29) is 50.4 Å². The Hall–Kier alpha value is 1.16. The monoisotopic (exact) mass is 150 g/mol. The van der Waals surface area contributed by atoms with Crippen molar-refractivity contribution in [1.82, 2.24) is 6.15 Å². The van der Waals surface area contributed by atoms with Gasteiger partial charge in [-0.25, -0.2) is 0 Å². The van der Waals surface area contributed by atoms with Crippen LogP contribution >= 0.6 is 24.8 Å². The Morgan fingerprint density at radius 2 is 0.750 bits per heavy atom. The minimum absolute atomic E-state index is 0. The van der Waals surface area contributed by atoms with E-state index in [1.165, 1.54) is 0 Å². The first-order valence-corrected chi connectivity index (χ1v) is 0. The Bertz CT molecular complexity index is 6.00. The quantitative estimate of drug-likeness (QED) is 0.449. The molecule has 0 aromatic heterocycles. The van der Waals surface area contributed by atoms with E-state index in [4.69, 9.17) is 0 Å². The summed E-state index contributed by atoms with van der Waals surface area (Å²) in [5.41, 5.74) is 0. The first-order chi connectivity index (χ1) is 0. The van der Waals surface area contributed by atoms with Crippen LogP contribution in [-0.4, -0.2) is 0 Å². The minimum Gasteiger partial charge on any atom is -0.147 e. The van der Waals surface area contributed by atoms with Crippen LogP contribution in [0.3, 0.4) is 0 Å². The van der Waals surface area contributed by atoms with E-state index in [9.17, 15) is 0 Å². The minimum atomic E-state index is 0. The van der Waals surface area contributed by atoms with Gasteiger partial charge in [-0.3, -0.25) is 0 Å². The zero-order valence-electron chi connectivity index (χ0n) is 1.97. The van der Waals surface area contributed by atoms with Gasteiger partial charge in [-0.15, -0.1) is 24.8 Å². The third-order valence-electron chi connectivity index (χ3n) is 0. The van der Waals surface area contributed by atoms with Crippen molar-refractivity contribution in [1.29, 1.82) is 0 Å². The summed E-state index contributed by atoms with van der Waals surface area (Å²) in [6.45, 7) is 0. The van der Waals surface area contributed by atoms with Crippen molar-refractivity contribution in [3.63, 3.8) is 0 Å². The van der Waals surface area contributed by atoms with Gasteiger partial charge in [-0.05, 0) is 0 Å². The predicted molar refractivity (Wildman–Crippen MR) is 16.6 cm³/mol. The predicted octanol–water partition coefficient (Wildman–Crippen LogP) is 0.361. The molecule has 0 bridgehead atoms. The standard InChI is InChI=1S/2ClH.N.Zn/h2*1H;;. The van der Waals surface area contributed by atoms with Crippen LogP contribution in [0, 0.1) is 0 Å². The van der Waals surface area contributed by atoms with Gasteiger partial charge >= 0.3 is 0 Å². The van der Waals surface area contributed by atoms with Gasteiger partial charge in [0.2, 0.25) is 0 Å². The SMILES string of the molecule is Cl.Cl.[N].[Zn]. The van der Waals surface area contributed by atoms with Crippen LogP contribution in [0.15, 0.2) is 0 Å². The van der Waals surface area contributed by atoms with Gasteiger partial charge in [0.1, 0.15) is 0 Å². The summed E-state index contributed by atoms with van der Waals surface area (Å²) in [7, 11) is 0. The number of hydrogen-bond acceptors (Lipinski definition) is 0. The Balaban J connectivity index is 0. The summed E-state index contributed by atoms with van der Waals surface area (Å²) < 4.78 is 0. The summed E-state index contributed by atoms with van der Waals surface area (Å²) in [4.78, 5) is 0. The van der Waals surface area contributed by atoms with Gasteiger partial charge in [-0.2, -0.15) is 0 Å². The number of halogens is 2. The Kier molecular flexibility index (Phi) is 509. The van der Waals surface area contributed by atoms with Crippen LogP contribution in [0.1, 0.15) is 0 Å². The zero-order valence-corrected chi connectivity index (χ0v) is 6.57. The van der Waals surface area contributed by atoms with Crippen molar-refractivity contribution in [2.24, 2.45) is 0 Å². The Morgan fingerprint density at radius 1 is 0.750 bits per heavy atom. The van der Waals surface area contributed by atoms with Crippen molar-refractivity contribution in [2.45, 2.75) is 0 Å². The topological polar surface area (TPSA) is 30.5 Å². The van der Waals surface area contributed by atoms with E-state index in [0.29, 0.717) is 0 Å². The molecule has 0 aliphatic carbocycles. The van der Waals surface area contributed by atoms with Crippen molar-refractivity contribution >= 4 is 24.8 Å². The second kappa shape index (κ2) is 30.8.